The summed E-state index contributed by atoms with van der Waals surface area (Å²) >= 11 is 0. The van der Waals surface area contributed by atoms with Crippen molar-refractivity contribution in [3.63, 3.8) is 0 Å². The van der Waals surface area contributed by atoms with Gasteiger partial charge in [0.05, 0.1) is 5.69 Å². The molecule has 0 radical (unpaired) electrons. The van der Waals surface area contributed by atoms with Crippen molar-refractivity contribution in [3.8, 4) is 0 Å². The van der Waals surface area contributed by atoms with Crippen molar-refractivity contribution in [3.05, 3.63) is 112 Å². The molecular formula is C30H36N4O. The molecule has 5 heteroatoms. The molecule has 0 saturated carbocycles. The molecule has 182 valence electrons. The van der Waals surface area contributed by atoms with Crippen LogP contribution >= 0.6 is 0 Å². The zero-order chi connectivity index (χ0) is 24.1. The van der Waals surface area contributed by atoms with Gasteiger partial charge < -0.3 is 15.6 Å². The second kappa shape index (κ2) is 13.6. The Morgan fingerprint density at radius 3 is 1.91 bits per heavy atom. The highest BCUT2D eigenvalue weighted by atomic mass is 16.1. The topological polar surface area (TPSA) is 69.8 Å². The van der Waals surface area contributed by atoms with Crippen LogP contribution in [0.3, 0.4) is 0 Å². The van der Waals surface area contributed by atoms with Gasteiger partial charge in [0, 0.05) is 24.5 Å². The molecule has 0 fully saturated rings. The molecule has 0 unspecified atom stereocenters. The number of rotatable bonds is 14. The van der Waals surface area contributed by atoms with E-state index < -0.39 is 0 Å². The van der Waals surface area contributed by atoms with Crippen molar-refractivity contribution in [1.82, 2.24) is 20.6 Å². The molecule has 0 aliphatic rings. The second-order valence-corrected chi connectivity index (χ2v) is 9.10. The number of pyridine rings is 2. The minimum absolute atomic E-state index is 0.115. The molecule has 0 bridgehead atoms. The fourth-order valence-corrected chi connectivity index (χ4v) is 4.39. The first-order valence-electron chi connectivity index (χ1n) is 12.8. The Bertz CT molecular complexity index is 1220. The summed E-state index contributed by atoms with van der Waals surface area (Å²) in [5, 5.41) is 8.11. The lowest BCUT2D eigenvalue weighted by atomic mass is 10.1. The van der Waals surface area contributed by atoms with Gasteiger partial charge in [-0.1, -0.05) is 60.7 Å². The van der Waals surface area contributed by atoms with Crippen molar-refractivity contribution in [1.29, 1.82) is 0 Å². The number of nitrogens with zero attached hydrogens (tertiary/aromatic N) is 1. The Morgan fingerprint density at radius 1 is 0.686 bits per heavy atom. The number of hydrogen-bond acceptors (Lipinski definition) is 4. The summed E-state index contributed by atoms with van der Waals surface area (Å²) in [7, 11) is 0. The molecule has 0 saturated heterocycles. The third-order valence-electron chi connectivity index (χ3n) is 6.29. The highest BCUT2D eigenvalue weighted by molar-refractivity contribution is 5.78. The molecule has 0 aliphatic carbocycles. The van der Waals surface area contributed by atoms with Crippen LogP contribution in [0.5, 0.6) is 0 Å². The molecule has 0 atom stereocenters. The lowest BCUT2D eigenvalue weighted by Gasteiger charge is -2.11. The molecular weight excluding hydrogens is 432 g/mol. The summed E-state index contributed by atoms with van der Waals surface area (Å²) < 4.78 is 0. The zero-order valence-electron chi connectivity index (χ0n) is 20.4. The molecule has 3 N–H and O–H groups in total. The van der Waals surface area contributed by atoms with Gasteiger partial charge in [0.25, 0.3) is 0 Å². The molecule has 2 aromatic heterocycles. The number of H-pyrrole nitrogens is 1. The standard InChI is InChI=1S/C30H36N4O/c35-29-18-17-28-26(22-31-19-9-7-15-24-11-3-1-4-12-24)21-27(33-30(28)34-29)23-32-20-10-8-16-25-13-5-2-6-14-25/h1-6,11-14,17-18,21,31-32H,7-10,15-16,19-20,22-23H2,(H,33,34,35). The fourth-order valence-electron chi connectivity index (χ4n) is 4.39. The summed E-state index contributed by atoms with van der Waals surface area (Å²) in [4.78, 5) is 19.5. The van der Waals surface area contributed by atoms with Crippen LogP contribution in [-0.4, -0.2) is 23.1 Å². The van der Waals surface area contributed by atoms with Gasteiger partial charge in [-0.25, -0.2) is 4.98 Å². The van der Waals surface area contributed by atoms with Crippen LogP contribution < -0.4 is 16.2 Å². The van der Waals surface area contributed by atoms with E-state index in [1.807, 2.05) is 6.07 Å². The van der Waals surface area contributed by atoms with Crippen LogP contribution in [0.4, 0.5) is 0 Å². The maximum atomic E-state index is 11.9. The van der Waals surface area contributed by atoms with E-state index in [2.05, 4.69) is 82.3 Å². The Labute approximate surface area is 208 Å². The first-order valence-corrected chi connectivity index (χ1v) is 12.8. The first kappa shape index (κ1) is 24.8. The predicted octanol–water partition coefficient (Wildman–Crippen LogP) is 5.15. The fraction of sp³-hybridized carbons (Fsp3) is 0.333. The number of aromatic amines is 1. The minimum Gasteiger partial charge on any atom is -0.313 e. The van der Waals surface area contributed by atoms with E-state index in [1.165, 1.54) is 23.1 Å². The quantitative estimate of drug-likeness (QED) is 0.224. The van der Waals surface area contributed by atoms with E-state index in [9.17, 15) is 4.79 Å². The lowest BCUT2D eigenvalue weighted by Crippen LogP contribution is -2.19. The molecule has 0 aliphatic heterocycles. The van der Waals surface area contributed by atoms with Crippen molar-refractivity contribution in [2.75, 3.05) is 13.1 Å². The van der Waals surface area contributed by atoms with Crippen LogP contribution in [0.1, 0.15) is 48.1 Å². The van der Waals surface area contributed by atoms with Gasteiger partial charge in [0.1, 0.15) is 5.65 Å². The number of aromatic nitrogens is 2. The largest absolute Gasteiger partial charge is 0.313 e. The summed E-state index contributed by atoms with van der Waals surface area (Å²) in [6, 6.07) is 26.9. The number of benzene rings is 2. The van der Waals surface area contributed by atoms with Crippen molar-refractivity contribution in [2.24, 2.45) is 0 Å². The zero-order valence-corrected chi connectivity index (χ0v) is 20.4. The van der Waals surface area contributed by atoms with E-state index >= 15 is 0 Å². The number of nitrogens with one attached hydrogen (secondary N) is 3. The van der Waals surface area contributed by atoms with Crippen molar-refractivity contribution >= 4 is 11.0 Å². The Kier molecular flexibility index (Phi) is 9.63. The van der Waals surface area contributed by atoms with Crippen LogP contribution in [0, 0.1) is 0 Å². The third-order valence-corrected chi connectivity index (χ3v) is 6.29. The maximum absolute atomic E-state index is 11.9. The van der Waals surface area contributed by atoms with E-state index in [1.54, 1.807) is 6.07 Å². The number of aryl methyl sites for hydroxylation is 2. The van der Waals surface area contributed by atoms with Crippen LogP contribution in [0.25, 0.3) is 11.0 Å². The predicted molar refractivity (Wildman–Crippen MR) is 145 cm³/mol. The van der Waals surface area contributed by atoms with E-state index in [-0.39, 0.29) is 5.56 Å². The molecule has 2 heterocycles. The Morgan fingerprint density at radius 2 is 1.29 bits per heavy atom. The number of unbranched alkanes of at least 4 members (excludes halogenated alkanes) is 2. The van der Waals surface area contributed by atoms with Gasteiger partial charge in [0.2, 0.25) is 5.56 Å². The molecule has 0 spiro atoms. The lowest BCUT2D eigenvalue weighted by molar-refractivity contribution is 0.612. The average Bonchev–Trinajstić information content (AvgIpc) is 2.89. The van der Waals surface area contributed by atoms with Crippen molar-refractivity contribution in [2.45, 2.75) is 51.6 Å². The Hall–Kier alpha value is -3.28. The highest BCUT2D eigenvalue weighted by Crippen LogP contribution is 2.16. The van der Waals surface area contributed by atoms with Gasteiger partial charge in [-0.2, -0.15) is 0 Å². The van der Waals surface area contributed by atoms with Gasteiger partial charge in [-0.05, 0) is 80.4 Å². The Balaban J connectivity index is 1.25. The first-order chi connectivity index (χ1) is 17.3. The summed E-state index contributed by atoms with van der Waals surface area (Å²) in [5.74, 6) is 0. The van der Waals surface area contributed by atoms with Crippen LogP contribution in [-0.2, 0) is 25.9 Å². The van der Waals surface area contributed by atoms with Crippen LogP contribution in [0.2, 0.25) is 0 Å². The van der Waals surface area contributed by atoms with Gasteiger partial charge in [-0.3, -0.25) is 4.79 Å². The molecule has 5 nitrogen and oxygen atoms in total. The van der Waals surface area contributed by atoms with Gasteiger partial charge in [0.15, 0.2) is 0 Å². The number of fused-ring (bicyclic) bond motifs is 1. The molecule has 4 aromatic rings. The van der Waals surface area contributed by atoms with E-state index in [4.69, 9.17) is 4.98 Å². The summed E-state index contributed by atoms with van der Waals surface area (Å²) in [5.41, 5.74) is 5.48. The monoisotopic (exact) mass is 468 g/mol. The van der Waals surface area contributed by atoms with E-state index in [0.29, 0.717) is 12.2 Å². The van der Waals surface area contributed by atoms with Crippen LogP contribution in [0.15, 0.2) is 83.7 Å². The minimum atomic E-state index is -0.115. The van der Waals surface area contributed by atoms with Crippen molar-refractivity contribution < 1.29 is 0 Å². The summed E-state index contributed by atoms with van der Waals surface area (Å²) in [6.07, 6.45) is 6.81. The summed E-state index contributed by atoms with van der Waals surface area (Å²) in [6.45, 7) is 3.38. The SMILES string of the molecule is O=c1ccc2c(CNCCCCc3ccccc3)cc(CNCCCCc3ccccc3)nc2[nH]1. The molecule has 2 aromatic carbocycles. The average molecular weight is 469 g/mol. The number of hydrogen-bond donors (Lipinski definition) is 3. The second-order valence-electron chi connectivity index (χ2n) is 9.10. The smallest absolute Gasteiger partial charge is 0.249 e. The molecule has 4 rings (SSSR count). The van der Waals surface area contributed by atoms with Gasteiger partial charge >= 0.3 is 0 Å². The molecule has 35 heavy (non-hydrogen) atoms. The maximum Gasteiger partial charge on any atom is 0.249 e. The highest BCUT2D eigenvalue weighted by Gasteiger charge is 2.07. The van der Waals surface area contributed by atoms with Gasteiger partial charge in [-0.15, -0.1) is 0 Å². The normalized spacial score (nSPS) is 11.2. The van der Waals surface area contributed by atoms with E-state index in [0.717, 1.165) is 62.8 Å². The third kappa shape index (κ3) is 8.16. The molecule has 0 amide bonds.